The molecule has 0 aliphatic carbocycles. The van der Waals surface area contributed by atoms with E-state index in [0.717, 1.165) is 15.8 Å². The van der Waals surface area contributed by atoms with Gasteiger partial charge < -0.3 is 4.74 Å². The summed E-state index contributed by atoms with van der Waals surface area (Å²) in [6, 6.07) is 4.33. The van der Waals surface area contributed by atoms with Gasteiger partial charge in [-0.05, 0) is 30.0 Å². The van der Waals surface area contributed by atoms with E-state index >= 15 is 0 Å². The first-order valence-corrected chi connectivity index (χ1v) is 10.7. The van der Waals surface area contributed by atoms with Gasteiger partial charge in [-0.15, -0.1) is 11.3 Å². The normalized spacial score (nSPS) is 10.7. The highest BCUT2D eigenvalue weighted by Crippen LogP contribution is 2.31. The minimum absolute atomic E-state index is 0.0498. The topological polar surface area (TPSA) is 93.2 Å². The van der Waals surface area contributed by atoms with Crippen LogP contribution < -0.4 is 10.9 Å². The lowest BCUT2D eigenvalue weighted by Crippen LogP contribution is -2.43. The average molecular weight is 455 g/mol. The lowest BCUT2D eigenvalue weighted by molar-refractivity contribution is -0.119. The van der Waals surface area contributed by atoms with E-state index in [2.05, 4.69) is 20.8 Å². The van der Waals surface area contributed by atoms with Gasteiger partial charge in [-0.25, -0.2) is 24.6 Å². The van der Waals surface area contributed by atoms with Gasteiger partial charge in [-0.1, -0.05) is 29.4 Å². The minimum atomic E-state index is -0.853. The van der Waals surface area contributed by atoms with Crippen molar-refractivity contribution in [2.24, 2.45) is 0 Å². The van der Waals surface area contributed by atoms with Crippen LogP contribution >= 0.6 is 34.7 Å². The van der Waals surface area contributed by atoms with E-state index in [9.17, 15) is 14.0 Å². The van der Waals surface area contributed by atoms with Crippen molar-refractivity contribution in [1.82, 2.24) is 20.8 Å². The van der Waals surface area contributed by atoms with E-state index in [1.165, 1.54) is 41.6 Å². The number of halogens is 2. The fraction of sp³-hybridized carbons (Fsp3) is 0.222. The van der Waals surface area contributed by atoms with Crippen molar-refractivity contribution in [1.29, 1.82) is 0 Å². The second-order valence-corrected chi connectivity index (χ2v) is 8.07. The summed E-state index contributed by atoms with van der Waals surface area (Å²) in [5, 5.41) is 2.95. The maximum Gasteiger partial charge on any atom is 0.426 e. The molecule has 2 aromatic heterocycles. The fourth-order valence-electron chi connectivity index (χ4n) is 2.39. The lowest BCUT2D eigenvalue weighted by Gasteiger charge is -2.09. The highest BCUT2D eigenvalue weighted by Gasteiger charge is 2.12. The van der Waals surface area contributed by atoms with Gasteiger partial charge in [0.25, 0.3) is 0 Å². The van der Waals surface area contributed by atoms with E-state index in [1.54, 1.807) is 6.07 Å². The third-order valence-corrected chi connectivity index (χ3v) is 6.36. The second kappa shape index (κ2) is 9.86. The summed E-state index contributed by atoms with van der Waals surface area (Å²) < 4.78 is 19.5. The number of ether oxygens (including phenoxy) is 1. The van der Waals surface area contributed by atoms with Crippen molar-refractivity contribution in [3.05, 3.63) is 51.9 Å². The molecular formula is C18H16ClFN4O3S2. The highest BCUT2D eigenvalue weighted by atomic mass is 35.5. The number of benzene rings is 1. The van der Waals surface area contributed by atoms with Crippen LogP contribution in [0.15, 0.2) is 34.9 Å². The SMILES string of the molecule is Cc1csc2c(SCC(=O)NNC(=O)OCCc3c(F)cccc3Cl)ncnc12. The first kappa shape index (κ1) is 21.3. The number of fused-ring (bicyclic) bond motifs is 1. The van der Waals surface area contributed by atoms with Crippen molar-refractivity contribution < 1.29 is 18.7 Å². The number of rotatable bonds is 6. The summed E-state index contributed by atoms with van der Waals surface area (Å²) in [7, 11) is 0. The van der Waals surface area contributed by atoms with Gasteiger partial charge in [0.1, 0.15) is 17.2 Å². The molecule has 0 aliphatic rings. The number of aromatic nitrogens is 2. The Morgan fingerprint density at radius 3 is 2.93 bits per heavy atom. The molecular weight excluding hydrogens is 439 g/mol. The number of nitrogens with one attached hydrogen (secondary N) is 2. The molecule has 7 nitrogen and oxygen atoms in total. The Labute approximate surface area is 179 Å². The lowest BCUT2D eigenvalue weighted by atomic mass is 10.1. The summed E-state index contributed by atoms with van der Waals surface area (Å²) in [5.41, 5.74) is 6.58. The summed E-state index contributed by atoms with van der Waals surface area (Å²) in [6.45, 7) is 1.87. The number of nitrogens with zero attached hydrogens (tertiary/aromatic N) is 2. The number of carbonyl (C=O) groups excluding carboxylic acids is 2. The van der Waals surface area contributed by atoms with E-state index < -0.39 is 17.8 Å². The van der Waals surface area contributed by atoms with E-state index in [4.69, 9.17) is 16.3 Å². The molecule has 2 heterocycles. The molecule has 3 aromatic rings. The predicted molar refractivity (Wildman–Crippen MR) is 111 cm³/mol. The van der Waals surface area contributed by atoms with Gasteiger partial charge in [0.15, 0.2) is 0 Å². The van der Waals surface area contributed by atoms with E-state index in [1.807, 2.05) is 12.3 Å². The first-order chi connectivity index (χ1) is 14.0. The maximum absolute atomic E-state index is 13.6. The molecule has 0 unspecified atom stereocenters. The van der Waals surface area contributed by atoms with Crippen LogP contribution in [-0.4, -0.2) is 34.3 Å². The van der Waals surface area contributed by atoms with Crippen LogP contribution in [0.5, 0.6) is 0 Å². The van der Waals surface area contributed by atoms with Crippen molar-refractivity contribution in [2.75, 3.05) is 12.4 Å². The Bertz CT molecular complexity index is 1030. The van der Waals surface area contributed by atoms with Crippen LogP contribution in [0.3, 0.4) is 0 Å². The molecule has 0 spiro atoms. The van der Waals surface area contributed by atoms with Crippen LogP contribution in [0.4, 0.5) is 9.18 Å². The molecule has 2 N–H and O–H groups in total. The van der Waals surface area contributed by atoms with Gasteiger partial charge in [0.05, 0.1) is 22.6 Å². The molecule has 2 amide bonds. The summed E-state index contributed by atoms with van der Waals surface area (Å²) in [4.78, 5) is 32.0. The van der Waals surface area contributed by atoms with Crippen LogP contribution in [0.2, 0.25) is 5.02 Å². The molecule has 11 heteroatoms. The Hall–Kier alpha value is -2.43. The van der Waals surface area contributed by atoms with Gasteiger partial charge in [-0.3, -0.25) is 10.2 Å². The molecule has 29 heavy (non-hydrogen) atoms. The fourth-order valence-corrected chi connectivity index (χ4v) is 4.55. The van der Waals surface area contributed by atoms with Crippen molar-refractivity contribution in [2.45, 2.75) is 18.4 Å². The third kappa shape index (κ3) is 5.55. The number of carbonyl (C=O) groups is 2. The molecule has 0 fully saturated rings. The maximum atomic E-state index is 13.6. The monoisotopic (exact) mass is 454 g/mol. The molecule has 0 saturated heterocycles. The molecule has 0 aliphatic heterocycles. The molecule has 0 radical (unpaired) electrons. The van der Waals surface area contributed by atoms with Gasteiger partial charge >= 0.3 is 6.09 Å². The number of hydrogen-bond acceptors (Lipinski definition) is 7. The zero-order chi connectivity index (χ0) is 20.8. The summed E-state index contributed by atoms with van der Waals surface area (Å²) in [5.74, 6) is -0.843. The summed E-state index contributed by atoms with van der Waals surface area (Å²) in [6.07, 6.45) is 0.723. The standard InChI is InChI=1S/C18H16ClFN4O3S2/c1-10-7-28-16-15(10)21-9-22-17(16)29-8-14(25)23-24-18(26)27-6-5-11-12(19)3-2-4-13(11)20/h2-4,7,9H,5-6,8H2,1H3,(H,23,25)(H,24,26). The van der Waals surface area contributed by atoms with E-state index in [0.29, 0.717) is 5.03 Å². The third-order valence-electron chi connectivity index (χ3n) is 3.79. The average Bonchev–Trinajstić information content (AvgIpc) is 3.08. The van der Waals surface area contributed by atoms with Crippen molar-refractivity contribution in [3.63, 3.8) is 0 Å². The van der Waals surface area contributed by atoms with Crippen LogP contribution in [0.25, 0.3) is 10.2 Å². The van der Waals surface area contributed by atoms with E-state index in [-0.39, 0.29) is 29.4 Å². The number of hydrazine groups is 1. The number of aryl methyl sites for hydroxylation is 1. The summed E-state index contributed by atoms with van der Waals surface area (Å²) >= 11 is 8.66. The second-order valence-electron chi connectivity index (χ2n) is 5.82. The Balaban J connectivity index is 1.40. The number of thiophene rings is 1. The molecule has 152 valence electrons. The quantitative estimate of drug-likeness (QED) is 0.333. The Morgan fingerprint density at radius 1 is 1.31 bits per heavy atom. The number of amides is 2. The molecule has 0 saturated carbocycles. The zero-order valence-electron chi connectivity index (χ0n) is 15.2. The van der Waals surface area contributed by atoms with Gasteiger partial charge in [-0.2, -0.15) is 0 Å². The zero-order valence-corrected chi connectivity index (χ0v) is 17.6. The van der Waals surface area contributed by atoms with Gasteiger partial charge in [0, 0.05) is 17.0 Å². The Morgan fingerprint density at radius 2 is 2.14 bits per heavy atom. The first-order valence-electron chi connectivity index (χ1n) is 8.42. The minimum Gasteiger partial charge on any atom is -0.448 e. The smallest absolute Gasteiger partial charge is 0.426 e. The van der Waals surface area contributed by atoms with Crippen LogP contribution in [-0.2, 0) is 16.0 Å². The van der Waals surface area contributed by atoms with Crippen LogP contribution in [0, 0.1) is 12.7 Å². The Kier molecular flexibility index (Phi) is 7.24. The van der Waals surface area contributed by atoms with Crippen LogP contribution in [0.1, 0.15) is 11.1 Å². The molecule has 0 atom stereocenters. The largest absolute Gasteiger partial charge is 0.448 e. The van der Waals surface area contributed by atoms with Gasteiger partial charge in [0.2, 0.25) is 5.91 Å². The van der Waals surface area contributed by atoms with Crippen molar-refractivity contribution in [3.8, 4) is 0 Å². The highest BCUT2D eigenvalue weighted by molar-refractivity contribution is 8.00. The number of hydrogen-bond donors (Lipinski definition) is 2. The molecule has 1 aromatic carbocycles. The van der Waals surface area contributed by atoms with Crippen molar-refractivity contribution >= 4 is 56.9 Å². The predicted octanol–water partition coefficient (Wildman–Crippen LogP) is 3.88. The molecule has 0 bridgehead atoms. The molecule has 3 rings (SSSR count). The number of thioether (sulfide) groups is 1.